The Morgan fingerprint density at radius 3 is 2.74 bits per heavy atom. The number of sulfonamides is 1. The van der Waals surface area contributed by atoms with Crippen molar-refractivity contribution in [1.82, 2.24) is 4.98 Å². The van der Waals surface area contributed by atoms with E-state index in [4.69, 9.17) is 5.11 Å². The molecule has 0 saturated heterocycles. The van der Waals surface area contributed by atoms with E-state index in [-0.39, 0.29) is 10.7 Å². The van der Waals surface area contributed by atoms with Crippen molar-refractivity contribution >= 4 is 32.5 Å². The van der Waals surface area contributed by atoms with Crippen molar-refractivity contribution in [1.29, 1.82) is 0 Å². The number of carboxylic acid groups (broad SMARTS) is 1. The van der Waals surface area contributed by atoms with Crippen LogP contribution in [-0.2, 0) is 10.0 Å². The highest BCUT2D eigenvalue weighted by molar-refractivity contribution is 7.93. The van der Waals surface area contributed by atoms with Gasteiger partial charge in [-0.25, -0.2) is 22.6 Å². The second-order valence-corrected chi connectivity index (χ2v) is 5.94. The van der Waals surface area contributed by atoms with Gasteiger partial charge in [-0.3, -0.25) is 4.72 Å². The van der Waals surface area contributed by atoms with E-state index in [0.717, 1.165) is 29.5 Å². The molecule has 2 aromatic rings. The third kappa shape index (κ3) is 2.88. The Balaban J connectivity index is 2.45. The van der Waals surface area contributed by atoms with Crippen LogP contribution in [0.25, 0.3) is 0 Å². The summed E-state index contributed by atoms with van der Waals surface area (Å²) in [7, 11) is -4.21. The Morgan fingerprint density at radius 1 is 1.42 bits per heavy atom. The van der Waals surface area contributed by atoms with E-state index in [1.54, 1.807) is 5.38 Å². The number of carbonyl (C=O) groups is 1. The number of aromatic nitrogens is 1. The van der Waals surface area contributed by atoms with Gasteiger partial charge >= 0.3 is 5.97 Å². The molecule has 6 nitrogen and oxygen atoms in total. The summed E-state index contributed by atoms with van der Waals surface area (Å²) in [6.45, 7) is 0. The van der Waals surface area contributed by atoms with Gasteiger partial charge in [0.25, 0.3) is 10.0 Å². The SMILES string of the molecule is O=C(O)c1ccc(F)c(S(=O)(=O)Nc2nccs2)c1. The van der Waals surface area contributed by atoms with Crippen LogP contribution in [0.15, 0.2) is 34.7 Å². The minimum Gasteiger partial charge on any atom is -0.478 e. The van der Waals surface area contributed by atoms with Crippen LogP contribution in [-0.4, -0.2) is 24.5 Å². The molecule has 0 unspecified atom stereocenters. The van der Waals surface area contributed by atoms with Crippen LogP contribution in [0.3, 0.4) is 0 Å². The summed E-state index contributed by atoms with van der Waals surface area (Å²) in [6.07, 6.45) is 1.38. The average molecular weight is 302 g/mol. The average Bonchev–Trinajstić information content (AvgIpc) is 2.81. The molecular formula is C10H7FN2O4S2. The molecule has 0 amide bonds. The summed E-state index contributed by atoms with van der Waals surface area (Å²) >= 11 is 1.02. The maximum Gasteiger partial charge on any atom is 0.335 e. The van der Waals surface area contributed by atoms with Crippen molar-refractivity contribution in [2.24, 2.45) is 0 Å². The van der Waals surface area contributed by atoms with Crippen LogP contribution in [0.1, 0.15) is 10.4 Å². The highest BCUT2D eigenvalue weighted by Gasteiger charge is 2.22. The zero-order valence-corrected chi connectivity index (χ0v) is 10.8. The fourth-order valence-electron chi connectivity index (χ4n) is 1.29. The Kier molecular flexibility index (Phi) is 3.49. The van der Waals surface area contributed by atoms with Crippen molar-refractivity contribution < 1.29 is 22.7 Å². The topological polar surface area (TPSA) is 96.4 Å². The largest absolute Gasteiger partial charge is 0.478 e. The molecule has 0 spiro atoms. The zero-order chi connectivity index (χ0) is 14.0. The Labute approximate surface area is 111 Å². The Hall–Kier alpha value is -2.00. The number of thiazole rings is 1. The number of nitrogens with one attached hydrogen (secondary N) is 1. The number of rotatable bonds is 4. The van der Waals surface area contributed by atoms with E-state index in [9.17, 15) is 17.6 Å². The van der Waals surface area contributed by atoms with Gasteiger partial charge in [0, 0.05) is 11.6 Å². The predicted molar refractivity (Wildman–Crippen MR) is 66.3 cm³/mol. The first-order chi connectivity index (χ1) is 8.90. The molecule has 2 rings (SSSR count). The van der Waals surface area contributed by atoms with Gasteiger partial charge in [0.15, 0.2) is 5.13 Å². The maximum atomic E-state index is 13.5. The van der Waals surface area contributed by atoms with Crippen molar-refractivity contribution in [3.05, 3.63) is 41.2 Å². The van der Waals surface area contributed by atoms with Gasteiger partial charge in [0.2, 0.25) is 0 Å². The molecule has 0 fully saturated rings. The number of hydrogen-bond acceptors (Lipinski definition) is 5. The summed E-state index contributed by atoms with van der Waals surface area (Å²) in [6, 6.07) is 2.54. The van der Waals surface area contributed by atoms with Crippen molar-refractivity contribution in [2.45, 2.75) is 4.90 Å². The van der Waals surface area contributed by atoms with E-state index in [1.165, 1.54) is 6.20 Å². The quantitative estimate of drug-likeness (QED) is 0.897. The minimum absolute atomic E-state index is 0.0696. The molecule has 1 aromatic carbocycles. The van der Waals surface area contributed by atoms with Crippen LogP contribution in [0.2, 0.25) is 0 Å². The molecule has 0 aliphatic rings. The number of nitrogens with zero attached hydrogens (tertiary/aromatic N) is 1. The fraction of sp³-hybridized carbons (Fsp3) is 0. The van der Waals surface area contributed by atoms with E-state index >= 15 is 0 Å². The number of anilines is 1. The standard InChI is InChI=1S/C10H7FN2O4S2/c11-7-2-1-6(9(14)15)5-8(7)19(16,17)13-10-12-3-4-18-10/h1-5H,(H,12,13)(H,14,15). The van der Waals surface area contributed by atoms with Crippen LogP contribution in [0.5, 0.6) is 0 Å². The molecule has 0 aliphatic carbocycles. The third-order valence-electron chi connectivity index (χ3n) is 2.12. The molecule has 1 aromatic heterocycles. The molecule has 0 bridgehead atoms. The lowest BCUT2D eigenvalue weighted by molar-refractivity contribution is 0.0696. The van der Waals surface area contributed by atoms with Crippen LogP contribution < -0.4 is 4.72 Å². The van der Waals surface area contributed by atoms with Gasteiger partial charge in [-0.2, -0.15) is 0 Å². The van der Waals surface area contributed by atoms with E-state index < -0.39 is 26.7 Å². The van der Waals surface area contributed by atoms with Gasteiger partial charge in [0.1, 0.15) is 10.7 Å². The number of aromatic carboxylic acids is 1. The zero-order valence-electron chi connectivity index (χ0n) is 9.20. The molecule has 1 heterocycles. The highest BCUT2D eigenvalue weighted by atomic mass is 32.2. The van der Waals surface area contributed by atoms with Crippen molar-refractivity contribution in [3.8, 4) is 0 Å². The summed E-state index contributed by atoms with van der Waals surface area (Å²) in [5.41, 5.74) is -0.319. The minimum atomic E-state index is -4.21. The second-order valence-electron chi connectivity index (χ2n) is 3.39. The highest BCUT2D eigenvalue weighted by Crippen LogP contribution is 2.21. The number of benzene rings is 1. The van der Waals surface area contributed by atoms with Crippen molar-refractivity contribution in [3.63, 3.8) is 0 Å². The molecule has 19 heavy (non-hydrogen) atoms. The molecule has 9 heteroatoms. The molecule has 0 radical (unpaired) electrons. The first-order valence-electron chi connectivity index (χ1n) is 4.85. The molecule has 100 valence electrons. The molecular weight excluding hydrogens is 295 g/mol. The lowest BCUT2D eigenvalue weighted by Crippen LogP contribution is -2.15. The lowest BCUT2D eigenvalue weighted by Gasteiger charge is -2.07. The number of carboxylic acids is 1. The predicted octanol–water partition coefficient (Wildman–Crippen LogP) is 1.78. The first-order valence-corrected chi connectivity index (χ1v) is 7.21. The molecule has 0 saturated carbocycles. The Morgan fingerprint density at radius 2 is 2.16 bits per heavy atom. The normalized spacial score (nSPS) is 11.2. The van der Waals surface area contributed by atoms with Crippen LogP contribution in [0.4, 0.5) is 9.52 Å². The monoisotopic (exact) mass is 302 g/mol. The van der Waals surface area contributed by atoms with Gasteiger partial charge in [0.05, 0.1) is 5.56 Å². The summed E-state index contributed by atoms with van der Waals surface area (Å²) in [5, 5.41) is 10.4. The van der Waals surface area contributed by atoms with Crippen LogP contribution in [0, 0.1) is 5.82 Å². The molecule has 0 atom stereocenters. The smallest absolute Gasteiger partial charge is 0.335 e. The third-order valence-corrected chi connectivity index (χ3v) is 4.29. The van der Waals surface area contributed by atoms with Gasteiger partial charge in [-0.15, -0.1) is 11.3 Å². The van der Waals surface area contributed by atoms with E-state index in [1.807, 2.05) is 0 Å². The second kappa shape index (κ2) is 4.94. The van der Waals surface area contributed by atoms with Gasteiger partial charge < -0.3 is 5.11 Å². The van der Waals surface area contributed by atoms with Crippen LogP contribution >= 0.6 is 11.3 Å². The number of halogens is 1. The van der Waals surface area contributed by atoms with Gasteiger partial charge in [-0.1, -0.05) is 0 Å². The first kappa shape index (κ1) is 13.4. The van der Waals surface area contributed by atoms with E-state index in [2.05, 4.69) is 9.71 Å². The summed E-state index contributed by atoms with van der Waals surface area (Å²) in [5.74, 6) is -2.38. The Bertz CT molecular complexity index is 713. The van der Waals surface area contributed by atoms with Crippen molar-refractivity contribution in [2.75, 3.05) is 4.72 Å². The summed E-state index contributed by atoms with van der Waals surface area (Å²) in [4.78, 5) is 13.7. The van der Waals surface area contributed by atoms with E-state index in [0.29, 0.717) is 0 Å². The molecule has 0 aliphatic heterocycles. The van der Waals surface area contributed by atoms with Gasteiger partial charge in [-0.05, 0) is 18.2 Å². The number of hydrogen-bond donors (Lipinski definition) is 2. The summed E-state index contributed by atoms with van der Waals surface area (Å²) < 4.78 is 39.4. The lowest BCUT2D eigenvalue weighted by atomic mass is 10.2. The maximum absolute atomic E-state index is 13.5. The molecule has 2 N–H and O–H groups in total. The fourth-order valence-corrected chi connectivity index (χ4v) is 3.18.